The quantitative estimate of drug-likeness (QED) is 0.813. The molecule has 0 aliphatic carbocycles. The van der Waals surface area contributed by atoms with E-state index in [9.17, 15) is 0 Å². The number of nitrogens with one attached hydrogen (secondary N) is 1. The number of ether oxygens (including phenoxy) is 1. The van der Waals surface area contributed by atoms with Crippen molar-refractivity contribution < 1.29 is 4.74 Å². The summed E-state index contributed by atoms with van der Waals surface area (Å²) < 4.78 is 5.93. The van der Waals surface area contributed by atoms with Crippen LogP contribution in [0.1, 0.15) is 42.9 Å². The van der Waals surface area contributed by atoms with Crippen molar-refractivity contribution in [1.29, 1.82) is 0 Å². The maximum absolute atomic E-state index is 5.93. The number of likely N-dealkylation sites (tertiary alicyclic amines) is 1. The largest absolute Gasteiger partial charge is 0.372 e. The molecular weight excluding hydrogens is 296 g/mol. The van der Waals surface area contributed by atoms with Gasteiger partial charge in [-0.1, -0.05) is 30.7 Å². The Morgan fingerprint density at radius 3 is 2.82 bits per heavy atom. The van der Waals surface area contributed by atoms with Gasteiger partial charge in [-0.3, -0.25) is 0 Å². The highest BCUT2D eigenvalue weighted by molar-refractivity contribution is 5.85. The first kappa shape index (κ1) is 17.7. The predicted molar refractivity (Wildman–Crippen MR) is 93.9 cm³/mol. The van der Waals surface area contributed by atoms with Gasteiger partial charge in [0.25, 0.3) is 0 Å². The third kappa shape index (κ3) is 4.95. The van der Waals surface area contributed by atoms with Crippen LogP contribution in [0.3, 0.4) is 0 Å². The van der Waals surface area contributed by atoms with Crippen LogP contribution in [0.5, 0.6) is 0 Å². The van der Waals surface area contributed by atoms with E-state index >= 15 is 0 Å². The molecule has 1 aromatic rings. The Labute approximate surface area is 140 Å². The van der Waals surface area contributed by atoms with Crippen LogP contribution in [0, 0.1) is 0 Å². The number of benzene rings is 1. The summed E-state index contributed by atoms with van der Waals surface area (Å²) in [5.41, 5.74) is 2.84. The van der Waals surface area contributed by atoms with E-state index in [1.54, 1.807) is 0 Å². The Morgan fingerprint density at radius 1 is 1.14 bits per heavy atom. The van der Waals surface area contributed by atoms with Crippen molar-refractivity contribution >= 4 is 12.4 Å². The molecule has 2 aliphatic rings. The second kappa shape index (κ2) is 9.51. The fourth-order valence-electron chi connectivity index (χ4n) is 3.49. The SMILES string of the molecule is Cl.c1ccc2c(c1)CCOC2CNCCCN1CCCCC1. The summed E-state index contributed by atoms with van der Waals surface area (Å²) in [7, 11) is 0. The standard InChI is InChI=1S/C18H28N2O.ClH/c1-4-11-20(12-5-1)13-6-10-19-15-18-17-8-3-2-7-16(17)9-14-21-18;/h2-3,7-8,18-19H,1,4-6,9-15H2;1H. The van der Waals surface area contributed by atoms with Crippen LogP contribution in [-0.2, 0) is 11.2 Å². The number of piperidine rings is 1. The first-order valence-corrected chi connectivity index (χ1v) is 8.56. The van der Waals surface area contributed by atoms with E-state index in [4.69, 9.17) is 4.74 Å². The molecule has 4 heteroatoms. The van der Waals surface area contributed by atoms with Crippen molar-refractivity contribution in [2.24, 2.45) is 0 Å². The van der Waals surface area contributed by atoms with Crippen LogP contribution < -0.4 is 5.32 Å². The lowest BCUT2D eigenvalue weighted by Gasteiger charge is -2.27. The zero-order chi connectivity index (χ0) is 14.3. The summed E-state index contributed by atoms with van der Waals surface area (Å²) in [4.78, 5) is 2.61. The van der Waals surface area contributed by atoms with Gasteiger partial charge in [0.1, 0.15) is 0 Å². The van der Waals surface area contributed by atoms with Gasteiger partial charge >= 0.3 is 0 Å². The van der Waals surface area contributed by atoms with Crippen molar-refractivity contribution in [2.45, 2.75) is 38.2 Å². The summed E-state index contributed by atoms with van der Waals surface area (Å²) in [6.45, 7) is 6.75. The summed E-state index contributed by atoms with van der Waals surface area (Å²) in [5, 5.41) is 3.58. The number of halogens is 1. The molecule has 0 radical (unpaired) electrons. The second-order valence-electron chi connectivity index (χ2n) is 6.27. The first-order chi connectivity index (χ1) is 10.4. The minimum Gasteiger partial charge on any atom is -0.372 e. The molecule has 2 aliphatic heterocycles. The van der Waals surface area contributed by atoms with Gasteiger partial charge in [0.05, 0.1) is 12.7 Å². The lowest BCUT2D eigenvalue weighted by atomic mass is 9.97. The lowest BCUT2D eigenvalue weighted by Crippen LogP contribution is -2.33. The maximum atomic E-state index is 5.93. The monoisotopic (exact) mass is 324 g/mol. The highest BCUT2D eigenvalue weighted by Crippen LogP contribution is 2.26. The highest BCUT2D eigenvalue weighted by atomic mass is 35.5. The Balaban J connectivity index is 0.00000176. The third-order valence-corrected chi connectivity index (χ3v) is 4.70. The predicted octanol–water partition coefficient (Wildman–Crippen LogP) is 3.19. The molecule has 0 amide bonds. The third-order valence-electron chi connectivity index (χ3n) is 4.70. The molecule has 1 unspecified atom stereocenters. The summed E-state index contributed by atoms with van der Waals surface area (Å²) in [5.74, 6) is 0. The molecule has 1 saturated heterocycles. The van der Waals surface area contributed by atoms with E-state index in [1.165, 1.54) is 56.4 Å². The fourth-order valence-corrected chi connectivity index (χ4v) is 3.49. The van der Waals surface area contributed by atoms with Gasteiger partial charge < -0.3 is 15.0 Å². The highest BCUT2D eigenvalue weighted by Gasteiger charge is 2.19. The first-order valence-electron chi connectivity index (χ1n) is 8.56. The van der Waals surface area contributed by atoms with E-state index in [0.717, 1.165) is 26.1 Å². The zero-order valence-corrected chi connectivity index (χ0v) is 14.2. The van der Waals surface area contributed by atoms with Crippen molar-refractivity contribution in [3.8, 4) is 0 Å². The molecule has 3 nitrogen and oxygen atoms in total. The molecule has 1 fully saturated rings. The molecule has 124 valence electrons. The van der Waals surface area contributed by atoms with Gasteiger partial charge in [-0.2, -0.15) is 0 Å². The van der Waals surface area contributed by atoms with E-state index in [0.29, 0.717) is 0 Å². The van der Waals surface area contributed by atoms with Crippen LogP contribution >= 0.6 is 12.4 Å². The molecular formula is C18H29ClN2O. The topological polar surface area (TPSA) is 24.5 Å². The lowest BCUT2D eigenvalue weighted by molar-refractivity contribution is 0.0425. The minimum absolute atomic E-state index is 0. The molecule has 0 aromatic heterocycles. The second-order valence-corrected chi connectivity index (χ2v) is 6.27. The van der Waals surface area contributed by atoms with Crippen LogP contribution in [0.15, 0.2) is 24.3 Å². The van der Waals surface area contributed by atoms with E-state index in [2.05, 4.69) is 34.5 Å². The fraction of sp³-hybridized carbons (Fsp3) is 0.667. The molecule has 0 bridgehead atoms. The summed E-state index contributed by atoms with van der Waals surface area (Å²) >= 11 is 0. The molecule has 22 heavy (non-hydrogen) atoms. The normalized spacial score (nSPS) is 21.9. The molecule has 1 aromatic carbocycles. The van der Waals surface area contributed by atoms with Gasteiger partial charge in [0.2, 0.25) is 0 Å². The molecule has 3 rings (SSSR count). The van der Waals surface area contributed by atoms with Crippen molar-refractivity contribution in [2.75, 3.05) is 39.3 Å². The summed E-state index contributed by atoms with van der Waals surface area (Å²) in [6.07, 6.45) is 6.74. The van der Waals surface area contributed by atoms with Crippen LogP contribution in [0.25, 0.3) is 0 Å². The van der Waals surface area contributed by atoms with Crippen molar-refractivity contribution in [1.82, 2.24) is 10.2 Å². The average Bonchev–Trinajstić information content (AvgIpc) is 2.56. The van der Waals surface area contributed by atoms with Gasteiger partial charge in [-0.15, -0.1) is 12.4 Å². The molecule has 0 spiro atoms. The average molecular weight is 325 g/mol. The number of hydrogen-bond donors (Lipinski definition) is 1. The van der Waals surface area contributed by atoms with Crippen LogP contribution in [0.4, 0.5) is 0 Å². The van der Waals surface area contributed by atoms with Gasteiger partial charge in [-0.25, -0.2) is 0 Å². The zero-order valence-electron chi connectivity index (χ0n) is 13.4. The smallest absolute Gasteiger partial charge is 0.0952 e. The molecule has 2 heterocycles. The number of hydrogen-bond acceptors (Lipinski definition) is 3. The van der Waals surface area contributed by atoms with E-state index in [1.807, 2.05) is 0 Å². The maximum Gasteiger partial charge on any atom is 0.0952 e. The Morgan fingerprint density at radius 2 is 1.95 bits per heavy atom. The Kier molecular flexibility index (Phi) is 7.67. The van der Waals surface area contributed by atoms with E-state index in [-0.39, 0.29) is 18.5 Å². The molecule has 1 atom stereocenters. The van der Waals surface area contributed by atoms with Gasteiger partial charge in [-0.05, 0) is 63.0 Å². The number of fused-ring (bicyclic) bond motifs is 1. The van der Waals surface area contributed by atoms with Gasteiger partial charge in [0.15, 0.2) is 0 Å². The number of rotatable bonds is 6. The molecule has 1 N–H and O–H groups in total. The summed E-state index contributed by atoms with van der Waals surface area (Å²) in [6, 6.07) is 8.71. The molecule has 0 saturated carbocycles. The Bertz CT molecular complexity index is 435. The van der Waals surface area contributed by atoms with Crippen LogP contribution in [0.2, 0.25) is 0 Å². The van der Waals surface area contributed by atoms with Crippen molar-refractivity contribution in [3.63, 3.8) is 0 Å². The van der Waals surface area contributed by atoms with Crippen molar-refractivity contribution in [3.05, 3.63) is 35.4 Å². The minimum atomic E-state index is 0. The van der Waals surface area contributed by atoms with Gasteiger partial charge in [0, 0.05) is 6.54 Å². The number of nitrogens with zero attached hydrogens (tertiary/aromatic N) is 1. The van der Waals surface area contributed by atoms with E-state index < -0.39 is 0 Å². The Hall–Kier alpha value is -0.610. The van der Waals surface area contributed by atoms with Crippen LogP contribution in [-0.4, -0.2) is 44.2 Å².